The van der Waals surface area contributed by atoms with Crippen LogP contribution in [0.5, 0.6) is 0 Å². The summed E-state index contributed by atoms with van der Waals surface area (Å²) in [7, 11) is 0. The molecule has 116 valence electrons. The van der Waals surface area contributed by atoms with Crippen molar-refractivity contribution in [3.63, 3.8) is 0 Å². The van der Waals surface area contributed by atoms with E-state index in [-0.39, 0.29) is 5.56 Å². The molecule has 0 aliphatic carbocycles. The normalized spacial score (nSPS) is 11.9. The molecule has 0 unspecified atom stereocenters. The molecule has 0 saturated carbocycles. The molecule has 0 fully saturated rings. The number of benzene rings is 1. The Hall–Kier alpha value is -2.19. The number of nitrogens with one attached hydrogen (secondary N) is 1. The molecule has 0 heterocycles. The summed E-state index contributed by atoms with van der Waals surface area (Å²) in [4.78, 5) is 22.1. The number of alkyl halides is 5. The van der Waals surface area contributed by atoms with Gasteiger partial charge in [0.1, 0.15) is 6.61 Å². The molecule has 4 nitrogen and oxygen atoms in total. The molecule has 0 saturated heterocycles. The Morgan fingerprint density at radius 1 is 1.05 bits per heavy atom. The summed E-state index contributed by atoms with van der Waals surface area (Å²) in [5, 5.41) is 1.35. The summed E-state index contributed by atoms with van der Waals surface area (Å²) in [5.74, 6) is -8.77. The minimum absolute atomic E-state index is 0.185. The monoisotopic (exact) mass is 311 g/mol. The number of hydrogen-bond acceptors (Lipinski definition) is 3. The van der Waals surface area contributed by atoms with Gasteiger partial charge in [-0.2, -0.15) is 22.0 Å². The fourth-order valence-corrected chi connectivity index (χ4v) is 1.21. The van der Waals surface area contributed by atoms with E-state index in [1.807, 2.05) is 0 Å². The number of carbonyl (C=O) groups is 2. The molecule has 1 amide bonds. The van der Waals surface area contributed by atoms with Gasteiger partial charge in [0.25, 0.3) is 5.91 Å². The number of carbonyl (C=O) groups excluding carboxylic acids is 2. The SMILES string of the molecule is O=C(OCCNC(=O)C(F)(F)C(F)(F)F)c1ccccc1. The van der Waals surface area contributed by atoms with Crippen LogP contribution in [-0.4, -0.2) is 37.1 Å². The second-order valence-electron chi connectivity index (χ2n) is 3.83. The third kappa shape index (κ3) is 4.40. The lowest BCUT2D eigenvalue weighted by Gasteiger charge is -2.18. The predicted molar refractivity (Wildman–Crippen MR) is 60.7 cm³/mol. The van der Waals surface area contributed by atoms with Gasteiger partial charge in [-0.15, -0.1) is 0 Å². The summed E-state index contributed by atoms with van der Waals surface area (Å²) < 4.78 is 65.2. The van der Waals surface area contributed by atoms with E-state index >= 15 is 0 Å². The zero-order valence-electron chi connectivity index (χ0n) is 10.4. The van der Waals surface area contributed by atoms with E-state index in [0.717, 1.165) is 0 Å². The Balaban J connectivity index is 2.38. The summed E-state index contributed by atoms with van der Waals surface area (Å²) in [5.41, 5.74) is 0.185. The molecule has 1 aromatic rings. The molecule has 0 bridgehead atoms. The van der Waals surface area contributed by atoms with Gasteiger partial charge in [-0.05, 0) is 12.1 Å². The van der Waals surface area contributed by atoms with Gasteiger partial charge in [-0.1, -0.05) is 18.2 Å². The van der Waals surface area contributed by atoms with Gasteiger partial charge in [0.15, 0.2) is 0 Å². The maximum absolute atomic E-state index is 12.5. The Morgan fingerprint density at radius 3 is 2.14 bits per heavy atom. The Kier molecular flexibility index (Phi) is 5.23. The van der Waals surface area contributed by atoms with Gasteiger partial charge >= 0.3 is 18.1 Å². The van der Waals surface area contributed by atoms with E-state index in [1.54, 1.807) is 18.2 Å². The van der Waals surface area contributed by atoms with Crippen molar-refractivity contribution in [1.82, 2.24) is 5.32 Å². The van der Waals surface area contributed by atoms with Crippen LogP contribution >= 0.6 is 0 Å². The Morgan fingerprint density at radius 2 is 1.62 bits per heavy atom. The van der Waals surface area contributed by atoms with Crippen molar-refractivity contribution >= 4 is 11.9 Å². The lowest BCUT2D eigenvalue weighted by Crippen LogP contribution is -2.51. The molecule has 1 N–H and O–H groups in total. The van der Waals surface area contributed by atoms with Crippen LogP contribution in [0, 0.1) is 0 Å². The smallest absolute Gasteiger partial charge is 0.460 e. The van der Waals surface area contributed by atoms with E-state index in [2.05, 4.69) is 4.74 Å². The number of rotatable bonds is 5. The molecule has 0 spiro atoms. The molecule has 0 radical (unpaired) electrons. The van der Waals surface area contributed by atoms with Gasteiger partial charge in [0, 0.05) is 0 Å². The second kappa shape index (κ2) is 6.51. The average Bonchev–Trinajstić information content (AvgIpc) is 2.42. The van der Waals surface area contributed by atoms with Crippen molar-refractivity contribution in [2.75, 3.05) is 13.2 Å². The molecular weight excluding hydrogens is 301 g/mol. The lowest BCUT2D eigenvalue weighted by molar-refractivity contribution is -0.269. The molecule has 9 heteroatoms. The van der Waals surface area contributed by atoms with Crippen LogP contribution in [0.4, 0.5) is 22.0 Å². The third-order valence-corrected chi connectivity index (χ3v) is 2.27. The first-order valence-corrected chi connectivity index (χ1v) is 5.61. The van der Waals surface area contributed by atoms with Crippen LogP contribution in [0.3, 0.4) is 0 Å². The van der Waals surface area contributed by atoms with Crippen molar-refractivity contribution in [3.8, 4) is 0 Å². The van der Waals surface area contributed by atoms with E-state index in [1.165, 1.54) is 17.4 Å². The zero-order valence-corrected chi connectivity index (χ0v) is 10.4. The van der Waals surface area contributed by atoms with Crippen molar-refractivity contribution in [2.24, 2.45) is 0 Å². The molecule has 0 atom stereocenters. The van der Waals surface area contributed by atoms with Crippen molar-refractivity contribution in [2.45, 2.75) is 12.1 Å². The summed E-state index contributed by atoms with van der Waals surface area (Å²) in [6.07, 6.45) is -5.97. The van der Waals surface area contributed by atoms with E-state index in [9.17, 15) is 31.5 Å². The lowest BCUT2D eigenvalue weighted by atomic mass is 10.2. The number of amides is 1. The van der Waals surface area contributed by atoms with E-state index in [4.69, 9.17) is 0 Å². The fraction of sp³-hybridized carbons (Fsp3) is 0.333. The van der Waals surface area contributed by atoms with Crippen LogP contribution in [0.15, 0.2) is 30.3 Å². The number of esters is 1. The second-order valence-corrected chi connectivity index (χ2v) is 3.83. The molecule has 0 aliphatic heterocycles. The van der Waals surface area contributed by atoms with Gasteiger partial charge in [-0.3, -0.25) is 4.79 Å². The van der Waals surface area contributed by atoms with Crippen LogP contribution in [0.25, 0.3) is 0 Å². The fourth-order valence-electron chi connectivity index (χ4n) is 1.21. The van der Waals surface area contributed by atoms with Gasteiger partial charge in [0.05, 0.1) is 12.1 Å². The largest absolute Gasteiger partial charge is 0.463 e. The quantitative estimate of drug-likeness (QED) is 0.515. The Bertz CT molecular complexity index is 501. The topological polar surface area (TPSA) is 55.4 Å². The standard InChI is InChI=1S/C12H10F5NO3/c13-11(14,12(15,16)17)10(20)18-6-7-21-9(19)8-4-2-1-3-5-8/h1-5H,6-7H2,(H,18,20). The number of halogens is 5. The van der Waals surface area contributed by atoms with Crippen LogP contribution in [-0.2, 0) is 9.53 Å². The minimum atomic E-state index is -5.97. The summed E-state index contributed by atoms with van der Waals surface area (Å²) in [6.45, 7) is -1.20. The number of hydrogen-bond donors (Lipinski definition) is 1. The van der Waals surface area contributed by atoms with Gasteiger partial charge in [-0.25, -0.2) is 4.79 Å². The number of ether oxygens (including phenoxy) is 1. The van der Waals surface area contributed by atoms with Crippen LogP contribution in [0.1, 0.15) is 10.4 Å². The molecule has 21 heavy (non-hydrogen) atoms. The highest BCUT2D eigenvalue weighted by Crippen LogP contribution is 2.35. The first-order valence-electron chi connectivity index (χ1n) is 5.61. The third-order valence-electron chi connectivity index (χ3n) is 2.27. The van der Waals surface area contributed by atoms with Crippen LogP contribution < -0.4 is 5.32 Å². The highest BCUT2D eigenvalue weighted by Gasteiger charge is 2.63. The maximum Gasteiger partial charge on any atom is 0.463 e. The summed E-state index contributed by atoms with van der Waals surface area (Å²) in [6, 6.07) is 7.62. The predicted octanol–water partition coefficient (Wildman–Crippen LogP) is 2.16. The molecule has 0 aliphatic rings. The average molecular weight is 311 g/mol. The molecule has 0 aromatic heterocycles. The van der Waals surface area contributed by atoms with Crippen LogP contribution in [0.2, 0.25) is 0 Å². The molecule has 1 aromatic carbocycles. The van der Waals surface area contributed by atoms with Crippen molar-refractivity contribution in [1.29, 1.82) is 0 Å². The zero-order chi connectivity index (χ0) is 16.1. The maximum atomic E-state index is 12.5. The highest BCUT2D eigenvalue weighted by molar-refractivity contribution is 5.89. The van der Waals surface area contributed by atoms with Crippen molar-refractivity contribution < 1.29 is 36.3 Å². The van der Waals surface area contributed by atoms with Crippen molar-refractivity contribution in [3.05, 3.63) is 35.9 Å². The highest BCUT2D eigenvalue weighted by atomic mass is 19.4. The summed E-state index contributed by atoms with van der Waals surface area (Å²) >= 11 is 0. The first-order chi connectivity index (χ1) is 9.66. The first kappa shape index (κ1) is 16.9. The molecule has 1 rings (SSSR count). The van der Waals surface area contributed by atoms with E-state index < -0.39 is 37.1 Å². The van der Waals surface area contributed by atoms with Gasteiger partial charge < -0.3 is 10.1 Å². The van der Waals surface area contributed by atoms with E-state index in [0.29, 0.717) is 0 Å². The Labute approximate surface area is 115 Å². The van der Waals surface area contributed by atoms with Gasteiger partial charge in [0.2, 0.25) is 0 Å². The minimum Gasteiger partial charge on any atom is -0.460 e. The molecular formula is C12H10F5NO3.